The number of rotatable bonds is 3. The van der Waals surface area contributed by atoms with Crippen molar-refractivity contribution in [3.63, 3.8) is 0 Å². The van der Waals surface area contributed by atoms with Gasteiger partial charge in [0, 0.05) is 30.8 Å². The van der Waals surface area contributed by atoms with E-state index in [1.165, 1.54) is 0 Å². The molecule has 0 saturated heterocycles. The van der Waals surface area contributed by atoms with Crippen LogP contribution in [0.1, 0.15) is 27.2 Å². The van der Waals surface area contributed by atoms with Crippen LogP contribution in [0.5, 0.6) is 11.5 Å². The summed E-state index contributed by atoms with van der Waals surface area (Å²) in [6, 6.07) is 5.61. The summed E-state index contributed by atoms with van der Waals surface area (Å²) in [7, 11) is 1.65. The van der Waals surface area contributed by atoms with E-state index >= 15 is 0 Å². The SMILES string of the molecule is CN=C(NCC(=O)NC(C)(C)C)Nc1ccc2c(c1)OCCCO2. The van der Waals surface area contributed by atoms with Crippen LogP contribution in [-0.2, 0) is 4.79 Å². The number of hydrogen-bond acceptors (Lipinski definition) is 4. The van der Waals surface area contributed by atoms with Gasteiger partial charge in [-0.25, -0.2) is 0 Å². The van der Waals surface area contributed by atoms with Crippen molar-refractivity contribution in [2.45, 2.75) is 32.7 Å². The first-order chi connectivity index (χ1) is 11.4. The Balaban J connectivity index is 1.93. The molecule has 24 heavy (non-hydrogen) atoms. The molecule has 0 aromatic heterocycles. The summed E-state index contributed by atoms with van der Waals surface area (Å²) in [6.07, 6.45) is 0.865. The normalized spacial score (nSPS) is 14.6. The van der Waals surface area contributed by atoms with Gasteiger partial charge in [0.1, 0.15) is 0 Å². The van der Waals surface area contributed by atoms with Gasteiger partial charge in [0.05, 0.1) is 19.8 Å². The molecule has 1 heterocycles. The number of fused-ring (bicyclic) bond motifs is 1. The Labute approximate surface area is 142 Å². The van der Waals surface area contributed by atoms with E-state index in [1.54, 1.807) is 7.05 Å². The Hall–Kier alpha value is -2.44. The maximum atomic E-state index is 11.9. The van der Waals surface area contributed by atoms with Gasteiger partial charge >= 0.3 is 0 Å². The quantitative estimate of drug-likeness (QED) is 0.579. The third-order valence-electron chi connectivity index (χ3n) is 3.16. The smallest absolute Gasteiger partial charge is 0.239 e. The van der Waals surface area contributed by atoms with Gasteiger partial charge in [0.25, 0.3) is 0 Å². The molecule has 1 aliphatic heterocycles. The predicted octanol–water partition coefficient (Wildman–Crippen LogP) is 1.75. The second-order valence-corrected chi connectivity index (χ2v) is 6.56. The van der Waals surface area contributed by atoms with E-state index in [0.717, 1.165) is 17.9 Å². The second-order valence-electron chi connectivity index (χ2n) is 6.56. The number of hydrogen-bond donors (Lipinski definition) is 3. The third kappa shape index (κ3) is 5.64. The Morgan fingerprint density at radius 3 is 2.58 bits per heavy atom. The number of carbonyl (C=O) groups excluding carboxylic acids is 1. The fourth-order valence-corrected chi connectivity index (χ4v) is 2.18. The van der Waals surface area contributed by atoms with Crippen LogP contribution in [0, 0.1) is 0 Å². The zero-order chi connectivity index (χ0) is 17.6. The van der Waals surface area contributed by atoms with Gasteiger partial charge in [-0.05, 0) is 32.9 Å². The first-order valence-corrected chi connectivity index (χ1v) is 8.06. The average Bonchev–Trinajstić information content (AvgIpc) is 2.74. The molecule has 1 aliphatic rings. The van der Waals surface area contributed by atoms with E-state index in [2.05, 4.69) is 20.9 Å². The van der Waals surface area contributed by atoms with Crippen LogP contribution in [0.4, 0.5) is 5.69 Å². The van der Waals surface area contributed by atoms with Crippen molar-refractivity contribution < 1.29 is 14.3 Å². The first kappa shape index (κ1) is 17.9. The van der Waals surface area contributed by atoms with E-state index in [-0.39, 0.29) is 18.0 Å². The molecule has 1 amide bonds. The Kier molecular flexibility index (Phi) is 5.89. The standard InChI is InChI=1S/C17H26N4O3/c1-17(2,3)21-15(22)11-19-16(18-4)20-12-6-7-13-14(10-12)24-9-5-8-23-13/h6-7,10H,5,8-9,11H2,1-4H3,(H,21,22)(H2,18,19,20). The van der Waals surface area contributed by atoms with Crippen molar-refractivity contribution in [1.82, 2.24) is 10.6 Å². The highest BCUT2D eigenvalue weighted by atomic mass is 16.5. The van der Waals surface area contributed by atoms with E-state index in [9.17, 15) is 4.79 Å². The Bertz CT molecular complexity index is 608. The molecule has 0 radical (unpaired) electrons. The van der Waals surface area contributed by atoms with Crippen LogP contribution >= 0.6 is 0 Å². The summed E-state index contributed by atoms with van der Waals surface area (Å²) in [5, 5.41) is 9.02. The van der Waals surface area contributed by atoms with Crippen LogP contribution in [0.3, 0.4) is 0 Å². The molecule has 1 aromatic carbocycles. The molecule has 0 spiro atoms. The number of nitrogens with zero attached hydrogens (tertiary/aromatic N) is 1. The monoisotopic (exact) mass is 334 g/mol. The highest BCUT2D eigenvalue weighted by Gasteiger charge is 2.14. The first-order valence-electron chi connectivity index (χ1n) is 8.06. The maximum Gasteiger partial charge on any atom is 0.239 e. The zero-order valence-corrected chi connectivity index (χ0v) is 14.7. The molecular weight excluding hydrogens is 308 g/mol. The van der Waals surface area contributed by atoms with Crippen molar-refractivity contribution in [3.05, 3.63) is 18.2 Å². The number of benzene rings is 1. The minimum absolute atomic E-state index is 0.0934. The minimum atomic E-state index is -0.260. The van der Waals surface area contributed by atoms with E-state index < -0.39 is 0 Å². The number of anilines is 1. The molecule has 7 heteroatoms. The van der Waals surface area contributed by atoms with Crippen molar-refractivity contribution in [3.8, 4) is 11.5 Å². The number of carbonyl (C=O) groups is 1. The van der Waals surface area contributed by atoms with E-state index in [0.29, 0.717) is 24.9 Å². The lowest BCUT2D eigenvalue weighted by Crippen LogP contribution is -2.46. The average molecular weight is 334 g/mol. The van der Waals surface area contributed by atoms with Gasteiger partial charge in [-0.3, -0.25) is 9.79 Å². The van der Waals surface area contributed by atoms with Crippen LogP contribution in [0.25, 0.3) is 0 Å². The third-order valence-corrected chi connectivity index (χ3v) is 3.16. The summed E-state index contributed by atoms with van der Waals surface area (Å²) < 4.78 is 11.3. The summed E-state index contributed by atoms with van der Waals surface area (Å²) in [5.74, 6) is 1.86. The van der Waals surface area contributed by atoms with Crippen molar-refractivity contribution in [1.29, 1.82) is 0 Å². The van der Waals surface area contributed by atoms with Crippen molar-refractivity contribution in [2.75, 3.05) is 32.1 Å². The molecule has 0 unspecified atom stereocenters. The number of guanidine groups is 1. The van der Waals surface area contributed by atoms with E-state index in [1.807, 2.05) is 39.0 Å². The van der Waals surface area contributed by atoms with Gasteiger partial charge < -0.3 is 25.4 Å². The van der Waals surface area contributed by atoms with Crippen molar-refractivity contribution in [2.24, 2.45) is 4.99 Å². The molecule has 0 aliphatic carbocycles. The van der Waals surface area contributed by atoms with E-state index in [4.69, 9.17) is 9.47 Å². The summed E-state index contributed by atoms with van der Waals surface area (Å²) >= 11 is 0. The van der Waals surface area contributed by atoms with Gasteiger partial charge in [-0.15, -0.1) is 0 Å². The van der Waals surface area contributed by atoms with Crippen LogP contribution < -0.4 is 25.4 Å². The van der Waals surface area contributed by atoms with Crippen LogP contribution in [0.15, 0.2) is 23.2 Å². The van der Waals surface area contributed by atoms with Crippen molar-refractivity contribution >= 4 is 17.6 Å². The molecule has 0 saturated carbocycles. The topological polar surface area (TPSA) is 84.0 Å². The van der Waals surface area contributed by atoms with Gasteiger partial charge in [-0.2, -0.15) is 0 Å². The van der Waals surface area contributed by atoms with Crippen LogP contribution in [-0.4, -0.2) is 44.2 Å². The fourth-order valence-electron chi connectivity index (χ4n) is 2.18. The number of ether oxygens (including phenoxy) is 2. The number of aliphatic imine (C=N–C) groups is 1. The fraction of sp³-hybridized carbons (Fsp3) is 0.529. The van der Waals surface area contributed by atoms with Gasteiger partial charge in [-0.1, -0.05) is 0 Å². The molecule has 0 fully saturated rings. The largest absolute Gasteiger partial charge is 0.490 e. The minimum Gasteiger partial charge on any atom is -0.490 e. The lowest BCUT2D eigenvalue weighted by molar-refractivity contribution is -0.121. The summed E-state index contributed by atoms with van der Waals surface area (Å²) in [5.41, 5.74) is 0.549. The molecular formula is C17H26N4O3. The molecule has 1 aromatic rings. The Morgan fingerprint density at radius 2 is 1.92 bits per heavy atom. The Morgan fingerprint density at radius 1 is 1.21 bits per heavy atom. The number of amides is 1. The molecule has 0 atom stereocenters. The summed E-state index contributed by atoms with van der Waals surface area (Å²) in [6.45, 7) is 7.25. The molecule has 0 bridgehead atoms. The van der Waals surface area contributed by atoms with Gasteiger partial charge in [0.15, 0.2) is 17.5 Å². The molecule has 132 valence electrons. The highest BCUT2D eigenvalue weighted by Crippen LogP contribution is 2.32. The second kappa shape index (κ2) is 7.90. The lowest BCUT2D eigenvalue weighted by atomic mass is 10.1. The number of nitrogens with one attached hydrogen (secondary N) is 3. The molecule has 3 N–H and O–H groups in total. The lowest BCUT2D eigenvalue weighted by Gasteiger charge is -2.21. The highest BCUT2D eigenvalue weighted by molar-refractivity contribution is 5.96. The predicted molar refractivity (Wildman–Crippen MR) is 94.9 cm³/mol. The molecule has 2 rings (SSSR count). The zero-order valence-electron chi connectivity index (χ0n) is 14.7. The van der Waals surface area contributed by atoms with Gasteiger partial charge in [0.2, 0.25) is 5.91 Å². The maximum absolute atomic E-state index is 11.9. The molecule has 7 nitrogen and oxygen atoms in total. The van der Waals surface area contributed by atoms with Crippen LogP contribution in [0.2, 0.25) is 0 Å². The summed E-state index contributed by atoms with van der Waals surface area (Å²) in [4.78, 5) is 16.0.